The predicted octanol–water partition coefficient (Wildman–Crippen LogP) is 6.62. The normalized spacial score (nSPS) is 14.1. The van der Waals surface area contributed by atoms with E-state index in [0.29, 0.717) is 27.5 Å². The summed E-state index contributed by atoms with van der Waals surface area (Å²) in [7, 11) is 0. The smallest absolute Gasteiger partial charge is 0.341 e. The molecule has 208 valence electrons. The maximum Gasteiger partial charge on any atom is 0.341 e. The molecule has 1 aliphatic rings. The first-order valence-electron chi connectivity index (χ1n) is 13.7. The van der Waals surface area contributed by atoms with Gasteiger partial charge in [0.25, 0.3) is 5.91 Å². The molecule has 2 aromatic carbocycles. The van der Waals surface area contributed by atoms with Crippen molar-refractivity contribution < 1.29 is 23.9 Å². The molecule has 1 unspecified atom stereocenters. The minimum atomic E-state index is -1.08. The zero-order valence-electron chi connectivity index (χ0n) is 23.0. The van der Waals surface area contributed by atoms with Gasteiger partial charge in [0, 0.05) is 10.4 Å². The molecular weight excluding hydrogens is 526 g/mol. The molecule has 1 aliphatic carbocycles. The molecule has 4 aromatic rings. The van der Waals surface area contributed by atoms with E-state index < -0.39 is 23.9 Å². The Morgan fingerprint density at radius 2 is 1.77 bits per heavy atom. The van der Waals surface area contributed by atoms with Crippen LogP contribution in [0.5, 0.6) is 0 Å². The second-order valence-corrected chi connectivity index (χ2v) is 11.2. The molecule has 0 fully saturated rings. The number of thiophene rings is 1. The van der Waals surface area contributed by atoms with Crippen LogP contribution in [0.15, 0.2) is 42.5 Å². The van der Waals surface area contributed by atoms with Crippen LogP contribution in [-0.2, 0) is 27.1 Å². The molecule has 40 heavy (non-hydrogen) atoms. The minimum absolute atomic E-state index is 0.248. The number of carbonyl (C=O) groups excluding carboxylic acids is 3. The molecule has 0 radical (unpaired) electrons. The standard InChI is InChI=1S/C31H33N3O5S/c1-4-38-31(37)26-22-9-7-5-6-8-10-25(22)40-29(26)34-28(35)19(3)39-30(36)21-15-16-23-24(17-21)33-27(32-23)20-13-11-18(2)12-14-20/h11-17,19H,4-10H2,1-3H3,(H,32,33)(H,34,35). The van der Waals surface area contributed by atoms with Crippen molar-refractivity contribution in [3.63, 3.8) is 0 Å². The molecular formula is C31H33N3O5S. The summed E-state index contributed by atoms with van der Waals surface area (Å²) in [6.07, 6.45) is 4.88. The molecule has 5 rings (SSSR count). The van der Waals surface area contributed by atoms with Gasteiger partial charge in [-0.15, -0.1) is 11.3 Å². The van der Waals surface area contributed by atoms with E-state index in [1.165, 1.54) is 18.3 Å². The Morgan fingerprint density at radius 1 is 1.02 bits per heavy atom. The van der Waals surface area contributed by atoms with Crippen LogP contribution in [0.2, 0.25) is 0 Å². The SMILES string of the molecule is CCOC(=O)c1c(NC(=O)C(C)OC(=O)c2ccc3nc(-c4ccc(C)cc4)[nH]c3c2)sc2c1CCCCCC2. The van der Waals surface area contributed by atoms with E-state index in [2.05, 4.69) is 15.3 Å². The molecule has 2 heterocycles. The molecule has 2 N–H and O–H groups in total. The highest BCUT2D eigenvalue weighted by Crippen LogP contribution is 2.37. The van der Waals surface area contributed by atoms with E-state index in [-0.39, 0.29) is 6.61 Å². The third kappa shape index (κ3) is 5.94. The van der Waals surface area contributed by atoms with Crippen LogP contribution in [-0.4, -0.2) is 40.5 Å². The van der Waals surface area contributed by atoms with Gasteiger partial charge >= 0.3 is 11.9 Å². The number of amides is 1. The molecule has 1 amide bonds. The Hall–Kier alpha value is -3.98. The van der Waals surface area contributed by atoms with Gasteiger partial charge in [-0.3, -0.25) is 4.79 Å². The number of hydrogen-bond donors (Lipinski definition) is 2. The second-order valence-electron chi connectivity index (χ2n) is 10.1. The molecule has 2 aromatic heterocycles. The van der Waals surface area contributed by atoms with Crippen LogP contribution in [0.3, 0.4) is 0 Å². The largest absolute Gasteiger partial charge is 0.462 e. The molecule has 0 bridgehead atoms. The number of esters is 2. The van der Waals surface area contributed by atoms with Gasteiger partial charge in [0.05, 0.1) is 28.8 Å². The van der Waals surface area contributed by atoms with Gasteiger partial charge in [-0.25, -0.2) is 14.6 Å². The van der Waals surface area contributed by atoms with Crippen molar-refractivity contribution in [1.82, 2.24) is 9.97 Å². The summed E-state index contributed by atoms with van der Waals surface area (Å²) in [6, 6.07) is 13.1. The highest BCUT2D eigenvalue weighted by Gasteiger charge is 2.28. The third-order valence-electron chi connectivity index (χ3n) is 7.08. The van der Waals surface area contributed by atoms with Crippen LogP contribution < -0.4 is 5.32 Å². The zero-order chi connectivity index (χ0) is 28.2. The van der Waals surface area contributed by atoms with Crippen molar-refractivity contribution in [3.05, 3.63) is 69.6 Å². The number of H-pyrrole nitrogens is 1. The number of ether oxygens (including phenoxy) is 2. The number of aryl methyl sites for hydroxylation is 2. The summed E-state index contributed by atoms with van der Waals surface area (Å²) in [5.74, 6) is -0.855. The average Bonchev–Trinajstić information content (AvgIpc) is 3.49. The van der Waals surface area contributed by atoms with Crippen LogP contribution in [0.1, 0.15) is 76.3 Å². The van der Waals surface area contributed by atoms with E-state index in [1.54, 1.807) is 25.1 Å². The highest BCUT2D eigenvalue weighted by molar-refractivity contribution is 7.17. The van der Waals surface area contributed by atoms with Crippen LogP contribution >= 0.6 is 11.3 Å². The lowest BCUT2D eigenvalue weighted by Crippen LogP contribution is -2.30. The van der Waals surface area contributed by atoms with Crippen molar-refractivity contribution in [2.75, 3.05) is 11.9 Å². The number of aromatic nitrogens is 2. The number of hydrogen-bond acceptors (Lipinski definition) is 7. The highest BCUT2D eigenvalue weighted by atomic mass is 32.1. The molecule has 8 nitrogen and oxygen atoms in total. The molecule has 1 atom stereocenters. The molecule has 0 saturated heterocycles. The van der Waals surface area contributed by atoms with Gasteiger partial charge in [-0.05, 0) is 70.2 Å². The van der Waals surface area contributed by atoms with Crippen molar-refractivity contribution in [3.8, 4) is 11.4 Å². The number of benzene rings is 2. The first-order chi connectivity index (χ1) is 19.3. The maximum absolute atomic E-state index is 13.1. The summed E-state index contributed by atoms with van der Waals surface area (Å²) < 4.78 is 10.8. The summed E-state index contributed by atoms with van der Waals surface area (Å²) in [6.45, 7) is 5.55. The fourth-order valence-corrected chi connectivity index (χ4v) is 6.19. The predicted molar refractivity (Wildman–Crippen MR) is 156 cm³/mol. The number of carbonyl (C=O) groups is 3. The van der Waals surface area contributed by atoms with Crippen LogP contribution in [0, 0.1) is 6.92 Å². The number of imidazole rings is 1. The quantitative estimate of drug-likeness (QED) is 0.246. The number of aromatic amines is 1. The number of rotatable bonds is 7. The van der Waals surface area contributed by atoms with Crippen molar-refractivity contribution in [2.45, 2.75) is 65.4 Å². The Kier molecular flexibility index (Phi) is 8.30. The van der Waals surface area contributed by atoms with Gasteiger partial charge in [0.2, 0.25) is 0 Å². The summed E-state index contributed by atoms with van der Waals surface area (Å²) in [5, 5.41) is 3.30. The van der Waals surface area contributed by atoms with E-state index in [1.807, 2.05) is 31.2 Å². The van der Waals surface area contributed by atoms with Crippen molar-refractivity contribution in [1.29, 1.82) is 0 Å². The van der Waals surface area contributed by atoms with Gasteiger partial charge in [-0.1, -0.05) is 42.7 Å². The topological polar surface area (TPSA) is 110 Å². The fourth-order valence-electron chi connectivity index (χ4n) is 4.91. The van der Waals surface area contributed by atoms with Crippen molar-refractivity contribution in [2.24, 2.45) is 0 Å². The van der Waals surface area contributed by atoms with Crippen LogP contribution in [0.25, 0.3) is 22.4 Å². The first-order valence-corrected chi connectivity index (χ1v) is 14.6. The van der Waals surface area contributed by atoms with Gasteiger partial charge in [0.15, 0.2) is 6.10 Å². The van der Waals surface area contributed by atoms with Gasteiger partial charge in [0.1, 0.15) is 10.8 Å². The lowest BCUT2D eigenvalue weighted by atomic mass is 9.96. The van der Waals surface area contributed by atoms with Gasteiger partial charge in [-0.2, -0.15) is 0 Å². The summed E-state index contributed by atoms with van der Waals surface area (Å²) in [5.41, 5.74) is 5.22. The molecule has 0 saturated carbocycles. The first kappa shape index (κ1) is 27.6. The third-order valence-corrected chi connectivity index (χ3v) is 8.29. The van der Waals surface area contributed by atoms with E-state index in [0.717, 1.165) is 65.6 Å². The van der Waals surface area contributed by atoms with E-state index in [4.69, 9.17) is 9.47 Å². The zero-order valence-corrected chi connectivity index (χ0v) is 23.8. The molecule has 0 spiro atoms. The average molecular weight is 560 g/mol. The number of fused-ring (bicyclic) bond motifs is 2. The Bertz CT molecular complexity index is 1550. The van der Waals surface area contributed by atoms with Crippen molar-refractivity contribution >= 4 is 45.2 Å². The number of nitrogens with one attached hydrogen (secondary N) is 2. The van der Waals surface area contributed by atoms with E-state index >= 15 is 0 Å². The Labute approximate surface area is 237 Å². The fraction of sp³-hybridized carbons (Fsp3) is 0.355. The Morgan fingerprint density at radius 3 is 2.52 bits per heavy atom. The van der Waals surface area contributed by atoms with Crippen LogP contribution in [0.4, 0.5) is 5.00 Å². The number of nitrogens with zero attached hydrogens (tertiary/aromatic N) is 1. The summed E-state index contributed by atoms with van der Waals surface area (Å²) in [4.78, 5) is 47.9. The van der Waals surface area contributed by atoms with Gasteiger partial charge < -0.3 is 19.8 Å². The minimum Gasteiger partial charge on any atom is -0.462 e. The number of anilines is 1. The lowest BCUT2D eigenvalue weighted by Gasteiger charge is -2.14. The second kappa shape index (κ2) is 12.0. The Balaban J connectivity index is 1.30. The lowest BCUT2D eigenvalue weighted by molar-refractivity contribution is -0.123. The summed E-state index contributed by atoms with van der Waals surface area (Å²) >= 11 is 1.42. The van der Waals surface area contributed by atoms with E-state index in [9.17, 15) is 14.4 Å². The molecule has 9 heteroatoms. The molecule has 0 aliphatic heterocycles. The maximum atomic E-state index is 13.1. The monoisotopic (exact) mass is 559 g/mol.